The Balaban J connectivity index is 2.79. The van der Waals surface area contributed by atoms with Crippen LogP contribution in [0.15, 0.2) is 12.4 Å². The molecule has 0 aliphatic carbocycles. The third kappa shape index (κ3) is 0.809. The highest BCUT2D eigenvalue weighted by molar-refractivity contribution is 5.72. The van der Waals surface area contributed by atoms with Gasteiger partial charge in [-0.15, -0.1) is 0 Å². The van der Waals surface area contributed by atoms with Crippen LogP contribution in [0.1, 0.15) is 5.82 Å². The Morgan fingerprint density at radius 1 is 1.45 bits per heavy atom. The van der Waals surface area contributed by atoms with Gasteiger partial charge in [0.05, 0.1) is 11.6 Å². The highest BCUT2D eigenvalue weighted by Crippen LogP contribution is 2.04. The normalized spacial score (nSPS) is 9.73. The van der Waals surface area contributed by atoms with E-state index in [1.54, 1.807) is 12.4 Å². The van der Waals surface area contributed by atoms with Gasteiger partial charge < -0.3 is 0 Å². The lowest BCUT2D eigenvalue weighted by Gasteiger charge is -1.85. The van der Waals surface area contributed by atoms with Crippen LogP contribution in [0.3, 0.4) is 0 Å². The van der Waals surface area contributed by atoms with Gasteiger partial charge in [0.2, 0.25) is 5.82 Å². The number of H-pyrrole nitrogens is 1. The van der Waals surface area contributed by atoms with E-state index in [4.69, 9.17) is 5.26 Å². The van der Waals surface area contributed by atoms with E-state index in [1.165, 1.54) is 0 Å². The fourth-order valence-electron chi connectivity index (χ4n) is 0.792. The Bertz CT molecular complexity index is 424. The molecule has 2 rings (SSSR count). The lowest BCUT2D eigenvalue weighted by atomic mass is 10.4. The van der Waals surface area contributed by atoms with Gasteiger partial charge in [0.25, 0.3) is 0 Å². The molecule has 5 heteroatoms. The number of aromatic nitrogens is 4. The van der Waals surface area contributed by atoms with Gasteiger partial charge in [-0.3, -0.25) is 5.10 Å². The molecule has 0 radical (unpaired) electrons. The second-order valence-corrected chi connectivity index (χ2v) is 1.98. The molecule has 0 aromatic carbocycles. The Hall–Kier alpha value is -1.96. The van der Waals surface area contributed by atoms with Gasteiger partial charge in [-0.2, -0.15) is 15.3 Å². The minimum atomic E-state index is 0.154. The molecule has 0 atom stereocenters. The van der Waals surface area contributed by atoms with E-state index < -0.39 is 0 Å². The summed E-state index contributed by atoms with van der Waals surface area (Å²) in [5, 5.41) is 15.6. The molecule has 0 spiro atoms. The van der Waals surface area contributed by atoms with Crippen molar-refractivity contribution in [2.75, 3.05) is 0 Å². The SMILES string of the molecule is N#Cc1ncc2cn[nH]c2n1. The zero-order valence-corrected chi connectivity index (χ0v) is 5.44. The monoisotopic (exact) mass is 145 g/mol. The van der Waals surface area contributed by atoms with Crippen LogP contribution >= 0.6 is 0 Å². The molecule has 2 heterocycles. The molecule has 0 amide bonds. The predicted octanol–water partition coefficient (Wildman–Crippen LogP) is 0.225. The van der Waals surface area contributed by atoms with Gasteiger partial charge in [-0.25, -0.2) is 4.98 Å². The number of fused-ring (bicyclic) bond motifs is 1. The van der Waals surface area contributed by atoms with Gasteiger partial charge in [0, 0.05) is 6.20 Å². The average Bonchev–Trinajstić information content (AvgIpc) is 2.50. The van der Waals surface area contributed by atoms with Gasteiger partial charge >= 0.3 is 0 Å². The van der Waals surface area contributed by atoms with Gasteiger partial charge in [0.15, 0.2) is 5.65 Å². The maximum absolute atomic E-state index is 8.43. The van der Waals surface area contributed by atoms with Gasteiger partial charge in [-0.1, -0.05) is 0 Å². The summed E-state index contributed by atoms with van der Waals surface area (Å²) in [7, 11) is 0. The Morgan fingerprint density at radius 3 is 3.18 bits per heavy atom. The number of rotatable bonds is 0. The molecule has 0 aliphatic rings. The minimum Gasteiger partial charge on any atom is -0.261 e. The summed E-state index contributed by atoms with van der Waals surface area (Å²) in [6, 6.07) is 1.84. The van der Waals surface area contributed by atoms with Crippen molar-refractivity contribution in [1.82, 2.24) is 20.2 Å². The summed E-state index contributed by atoms with van der Waals surface area (Å²) in [6.45, 7) is 0. The first kappa shape index (κ1) is 5.80. The third-order valence-corrected chi connectivity index (χ3v) is 1.29. The van der Waals surface area contributed by atoms with Crippen LogP contribution in [-0.4, -0.2) is 20.2 Å². The van der Waals surface area contributed by atoms with Crippen molar-refractivity contribution in [2.24, 2.45) is 0 Å². The fraction of sp³-hybridized carbons (Fsp3) is 0. The van der Waals surface area contributed by atoms with Crippen LogP contribution in [0.5, 0.6) is 0 Å². The molecular formula is C6H3N5. The van der Waals surface area contributed by atoms with Crippen molar-refractivity contribution in [1.29, 1.82) is 5.26 Å². The van der Waals surface area contributed by atoms with E-state index in [0.29, 0.717) is 5.65 Å². The second-order valence-electron chi connectivity index (χ2n) is 1.98. The highest BCUT2D eigenvalue weighted by atomic mass is 15.1. The summed E-state index contributed by atoms with van der Waals surface area (Å²) in [5.41, 5.74) is 0.594. The van der Waals surface area contributed by atoms with E-state index >= 15 is 0 Å². The third-order valence-electron chi connectivity index (χ3n) is 1.29. The van der Waals surface area contributed by atoms with E-state index in [-0.39, 0.29) is 5.82 Å². The molecule has 0 bridgehead atoms. The number of hydrogen-bond acceptors (Lipinski definition) is 4. The Morgan fingerprint density at radius 2 is 2.36 bits per heavy atom. The van der Waals surface area contributed by atoms with Crippen molar-refractivity contribution in [3.8, 4) is 6.07 Å². The van der Waals surface area contributed by atoms with Crippen LogP contribution in [0.25, 0.3) is 11.0 Å². The molecule has 52 valence electrons. The fourth-order valence-corrected chi connectivity index (χ4v) is 0.792. The molecule has 0 fully saturated rings. The van der Waals surface area contributed by atoms with Gasteiger partial charge in [-0.05, 0) is 0 Å². The van der Waals surface area contributed by atoms with E-state index in [0.717, 1.165) is 5.39 Å². The summed E-state index contributed by atoms with van der Waals surface area (Å²) in [6.07, 6.45) is 3.17. The molecule has 11 heavy (non-hydrogen) atoms. The summed E-state index contributed by atoms with van der Waals surface area (Å²) in [5.74, 6) is 0.154. The molecule has 1 N–H and O–H groups in total. The predicted molar refractivity (Wildman–Crippen MR) is 36.4 cm³/mol. The van der Waals surface area contributed by atoms with Crippen LogP contribution in [0.4, 0.5) is 0 Å². The number of nitrogens with zero attached hydrogens (tertiary/aromatic N) is 4. The van der Waals surface area contributed by atoms with E-state index in [2.05, 4.69) is 20.2 Å². The minimum absolute atomic E-state index is 0.154. The molecule has 0 aliphatic heterocycles. The molecule has 5 nitrogen and oxygen atoms in total. The van der Waals surface area contributed by atoms with E-state index in [1.807, 2.05) is 6.07 Å². The van der Waals surface area contributed by atoms with Crippen molar-refractivity contribution >= 4 is 11.0 Å². The standard InChI is InChI=1S/C6H3N5/c7-1-5-8-2-4-3-9-11-6(4)10-5/h2-3H,(H,8,9,10,11). The molecule has 0 saturated heterocycles. The van der Waals surface area contributed by atoms with Crippen molar-refractivity contribution < 1.29 is 0 Å². The average molecular weight is 145 g/mol. The topological polar surface area (TPSA) is 78.2 Å². The molecular weight excluding hydrogens is 142 g/mol. The number of hydrogen-bond donors (Lipinski definition) is 1. The van der Waals surface area contributed by atoms with Crippen molar-refractivity contribution in [3.05, 3.63) is 18.2 Å². The van der Waals surface area contributed by atoms with Crippen LogP contribution in [0, 0.1) is 11.3 Å². The Labute approximate surface area is 61.7 Å². The molecule has 2 aromatic rings. The second kappa shape index (κ2) is 2.02. The van der Waals surface area contributed by atoms with Crippen molar-refractivity contribution in [3.63, 3.8) is 0 Å². The summed E-state index contributed by atoms with van der Waals surface area (Å²) >= 11 is 0. The maximum Gasteiger partial charge on any atom is 0.234 e. The van der Waals surface area contributed by atoms with Crippen LogP contribution in [0.2, 0.25) is 0 Å². The molecule has 0 saturated carbocycles. The number of nitriles is 1. The van der Waals surface area contributed by atoms with Crippen LogP contribution < -0.4 is 0 Å². The summed E-state index contributed by atoms with van der Waals surface area (Å²) < 4.78 is 0. The first-order valence-corrected chi connectivity index (χ1v) is 2.96. The largest absolute Gasteiger partial charge is 0.261 e. The Kier molecular flexibility index (Phi) is 1.07. The number of nitrogens with one attached hydrogen (secondary N) is 1. The van der Waals surface area contributed by atoms with Crippen molar-refractivity contribution in [2.45, 2.75) is 0 Å². The molecule has 0 unspecified atom stereocenters. The lowest BCUT2D eigenvalue weighted by Crippen LogP contribution is -1.87. The zero-order valence-electron chi connectivity index (χ0n) is 5.44. The molecule has 2 aromatic heterocycles. The highest BCUT2D eigenvalue weighted by Gasteiger charge is 1.98. The first-order valence-electron chi connectivity index (χ1n) is 2.96. The lowest BCUT2D eigenvalue weighted by molar-refractivity contribution is 1.08. The maximum atomic E-state index is 8.43. The smallest absolute Gasteiger partial charge is 0.234 e. The quantitative estimate of drug-likeness (QED) is 0.575. The van der Waals surface area contributed by atoms with Crippen LogP contribution in [-0.2, 0) is 0 Å². The number of aromatic amines is 1. The first-order chi connectivity index (χ1) is 5.40. The van der Waals surface area contributed by atoms with Gasteiger partial charge in [0.1, 0.15) is 6.07 Å². The zero-order chi connectivity index (χ0) is 7.68. The summed E-state index contributed by atoms with van der Waals surface area (Å²) in [4.78, 5) is 7.63. The van der Waals surface area contributed by atoms with E-state index in [9.17, 15) is 0 Å².